The third-order valence-corrected chi connectivity index (χ3v) is 6.43. The van der Waals surface area contributed by atoms with Gasteiger partial charge in [0.2, 0.25) is 0 Å². The fourth-order valence-corrected chi connectivity index (χ4v) is 4.69. The highest BCUT2D eigenvalue weighted by molar-refractivity contribution is 5.91. The molecule has 0 aliphatic carbocycles. The van der Waals surface area contributed by atoms with Crippen molar-refractivity contribution in [3.8, 4) is 56.5 Å². The van der Waals surface area contributed by atoms with Gasteiger partial charge in [-0.2, -0.15) is 5.26 Å². The summed E-state index contributed by atoms with van der Waals surface area (Å²) in [5, 5.41) is 18.3. The first-order valence-electron chi connectivity index (χ1n) is 12.1. The lowest BCUT2D eigenvalue weighted by Crippen LogP contribution is -2.03. The van der Waals surface area contributed by atoms with E-state index in [9.17, 15) is 5.26 Å². The molecule has 0 radical (unpaired) electrons. The van der Waals surface area contributed by atoms with E-state index in [2.05, 4.69) is 101 Å². The molecule has 0 fully saturated rings. The standard InChI is InChI=1S/C33H22N4/c34-22-24-11-10-18-28(19-24)33-36-35-23-37(33)32-30(26-14-6-2-7-15-26)20-29(25-12-4-1-5-13-25)21-31(32)27-16-8-3-9-17-27/h1-21,23H. The van der Waals surface area contributed by atoms with E-state index in [1.807, 2.05) is 41.0 Å². The van der Waals surface area contributed by atoms with Gasteiger partial charge in [-0.05, 0) is 46.5 Å². The Hall–Kier alpha value is -5.27. The van der Waals surface area contributed by atoms with Crippen LogP contribution < -0.4 is 0 Å². The van der Waals surface area contributed by atoms with E-state index < -0.39 is 0 Å². The average Bonchev–Trinajstić information content (AvgIpc) is 3.47. The summed E-state index contributed by atoms with van der Waals surface area (Å²) in [5.41, 5.74) is 9.00. The molecule has 6 rings (SSSR count). The van der Waals surface area contributed by atoms with Crippen LogP contribution in [0, 0.1) is 11.3 Å². The fourth-order valence-electron chi connectivity index (χ4n) is 4.69. The molecular formula is C33H22N4. The maximum absolute atomic E-state index is 9.48. The molecule has 0 aliphatic rings. The van der Waals surface area contributed by atoms with Crippen molar-refractivity contribution < 1.29 is 0 Å². The Labute approximate surface area is 215 Å². The number of hydrogen-bond acceptors (Lipinski definition) is 3. The number of nitrogens with zero attached hydrogens (tertiary/aromatic N) is 4. The van der Waals surface area contributed by atoms with E-state index in [1.54, 1.807) is 12.4 Å². The van der Waals surface area contributed by atoms with Gasteiger partial charge in [-0.3, -0.25) is 4.57 Å². The van der Waals surface area contributed by atoms with Crippen LogP contribution in [-0.4, -0.2) is 14.8 Å². The average molecular weight is 475 g/mol. The molecule has 0 saturated heterocycles. The van der Waals surface area contributed by atoms with Gasteiger partial charge in [-0.15, -0.1) is 10.2 Å². The van der Waals surface area contributed by atoms with Crippen LogP contribution in [0.25, 0.3) is 50.5 Å². The maximum atomic E-state index is 9.48. The van der Waals surface area contributed by atoms with Gasteiger partial charge < -0.3 is 0 Å². The highest BCUT2D eigenvalue weighted by atomic mass is 15.3. The molecule has 0 spiro atoms. The molecule has 37 heavy (non-hydrogen) atoms. The number of rotatable bonds is 5. The van der Waals surface area contributed by atoms with Crippen molar-refractivity contribution in [3.63, 3.8) is 0 Å². The van der Waals surface area contributed by atoms with Crippen LogP contribution in [-0.2, 0) is 0 Å². The number of nitriles is 1. The molecule has 0 unspecified atom stereocenters. The Morgan fingerprint density at radius 3 is 1.65 bits per heavy atom. The summed E-state index contributed by atoms with van der Waals surface area (Å²) in [6.07, 6.45) is 1.75. The van der Waals surface area contributed by atoms with Gasteiger partial charge in [-0.25, -0.2) is 0 Å². The van der Waals surface area contributed by atoms with Crippen molar-refractivity contribution in [1.82, 2.24) is 14.8 Å². The van der Waals surface area contributed by atoms with E-state index in [0.29, 0.717) is 11.4 Å². The fraction of sp³-hybridized carbons (Fsp3) is 0. The second-order valence-electron chi connectivity index (χ2n) is 8.74. The molecule has 0 amide bonds. The molecular weight excluding hydrogens is 452 g/mol. The minimum Gasteiger partial charge on any atom is -0.280 e. The summed E-state index contributed by atoms with van der Waals surface area (Å²) in [6.45, 7) is 0. The van der Waals surface area contributed by atoms with Gasteiger partial charge in [0.1, 0.15) is 6.33 Å². The number of aromatic nitrogens is 3. The molecule has 0 atom stereocenters. The van der Waals surface area contributed by atoms with E-state index in [4.69, 9.17) is 0 Å². The van der Waals surface area contributed by atoms with Gasteiger partial charge in [0.05, 0.1) is 17.3 Å². The highest BCUT2D eigenvalue weighted by Crippen LogP contribution is 2.41. The molecule has 0 aliphatic heterocycles. The normalized spacial score (nSPS) is 10.7. The Balaban J connectivity index is 1.70. The first kappa shape index (κ1) is 22.2. The van der Waals surface area contributed by atoms with Crippen molar-refractivity contribution in [2.24, 2.45) is 0 Å². The predicted molar refractivity (Wildman–Crippen MR) is 148 cm³/mol. The van der Waals surface area contributed by atoms with Crippen LogP contribution in [0.5, 0.6) is 0 Å². The van der Waals surface area contributed by atoms with Gasteiger partial charge >= 0.3 is 0 Å². The maximum Gasteiger partial charge on any atom is 0.168 e. The molecule has 5 aromatic carbocycles. The van der Waals surface area contributed by atoms with E-state index >= 15 is 0 Å². The largest absolute Gasteiger partial charge is 0.280 e. The van der Waals surface area contributed by atoms with Gasteiger partial charge in [0.15, 0.2) is 5.82 Å². The van der Waals surface area contributed by atoms with Gasteiger partial charge in [-0.1, -0.05) is 103 Å². The third kappa shape index (κ3) is 4.31. The Kier molecular flexibility index (Phi) is 5.86. The van der Waals surface area contributed by atoms with Crippen LogP contribution in [0.2, 0.25) is 0 Å². The summed E-state index contributed by atoms with van der Waals surface area (Å²) in [6, 6.07) is 45.4. The summed E-state index contributed by atoms with van der Waals surface area (Å²) >= 11 is 0. The van der Waals surface area contributed by atoms with E-state index in [1.165, 1.54) is 0 Å². The zero-order valence-electron chi connectivity index (χ0n) is 20.0. The SMILES string of the molecule is N#Cc1cccc(-c2nncn2-c2c(-c3ccccc3)cc(-c3ccccc3)cc2-c2ccccc2)c1. The van der Waals surface area contributed by atoms with Crippen molar-refractivity contribution >= 4 is 0 Å². The highest BCUT2D eigenvalue weighted by Gasteiger charge is 2.20. The monoisotopic (exact) mass is 474 g/mol. The van der Waals surface area contributed by atoms with Crippen LogP contribution >= 0.6 is 0 Å². The number of benzene rings is 5. The first-order chi connectivity index (χ1) is 18.3. The summed E-state index contributed by atoms with van der Waals surface area (Å²) in [5.74, 6) is 0.680. The zero-order chi connectivity index (χ0) is 25.0. The first-order valence-corrected chi connectivity index (χ1v) is 12.1. The van der Waals surface area contributed by atoms with Crippen LogP contribution in [0.4, 0.5) is 0 Å². The molecule has 0 N–H and O–H groups in total. The van der Waals surface area contributed by atoms with Gasteiger partial charge in [0.25, 0.3) is 0 Å². The lowest BCUT2D eigenvalue weighted by atomic mass is 9.90. The molecule has 4 nitrogen and oxygen atoms in total. The number of hydrogen-bond donors (Lipinski definition) is 0. The smallest absolute Gasteiger partial charge is 0.168 e. The van der Waals surface area contributed by atoms with E-state index in [0.717, 1.165) is 44.6 Å². The lowest BCUT2D eigenvalue weighted by molar-refractivity contribution is 1.07. The Morgan fingerprint density at radius 1 is 0.541 bits per heavy atom. The van der Waals surface area contributed by atoms with Crippen molar-refractivity contribution in [2.75, 3.05) is 0 Å². The minimum atomic E-state index is 0.582. The van der Waals surface area contributed by atoms with Crippen molar-refractivity contribution in [2.45, 2.75) is 0 Å². The molecule has 174 valence electrons. The Bertz CT molecular complexity index is 1650. The van der Waals surface area contributed by atoms with Gasteiger partial charge in [0, 0.05) is 16.7 Å². The third-order valence-electron chi connectivity index (χ3n) is 6.43. The van der Waals surface area contributed by atoms with Crippen LogP contribution in [0.3, 0.4) is 0 Å². The summed E-state index contributed by atoms with van der Waals surface area (Å²) in [7, 11) is 0. The predicted octanol–water partition coefficient (Wildman–Crippen LogP) is 7.81. The second kappa shape index (κ2) is 9.77. The Morgan fingerprint density at radius 2 is 1.08 bits per heavy atom. The van der Waals surface area contributed by atoms with Crippen LogP contribution in [0.15, 0.2) is 134 Å². The minimum absolute atomic E-state index is 0.582. The summed E-state index contributed by atoms with van der Waals surface area (Å²) < 4.78 is 2.04. The van der Waals surface area contributed by atoms with E-state index in [-0.39, 0.29) is 0 Å². The van der Waals surface area contributed by atoms with Crippen molar-refractivity contribution in [3.05, 3.63) is 139 Å². The molecule has 4 heteroatoms. The summed E-state index contributed by atoms with van der Waals surface area (Å²) in [4.78, 5) is 0. The lowest BCUT2D eigenvalue weighted by Gasteiger charge is -2.20. The molecule has 0 saturated carbocycles. The zero-order valence-corrected chi connectivity index (χ0v) is 20.0. The molecule has 1 heterocycles. The molecule has 0 bridgehead atoms. The van der Waals surface area contributed by atoms with Crippen LogP contribution in [0.1, 0.15) is 5.56 Å². The second-order valence-corrected chi connectivity index (χ2v) is 8.74. The van der Waals surface area contributed by atoms with Crippen molar-refractivity contribution in [1.29, 1.82) is 5.26 Å². The topological polar surface area (TPSA) is 54.5 Å². The molecule has 1 aromatic heterocycles. The quantitative estimate of drug-likeness (QED) is 0.256. The molecule has 6 aromatic rings.